The van der Waals surface area contributed by atoms with E-state index in [4.69, 9.17) is 0 Å². The number of benzene rings is 1. The highest BCUT2D eigenvalue weighted by Gasteiger charge is 2.40. The number of carboxylic acid groups (broad SMARTS) is 2. The van der Waals surface area contributed by atoms with Gasteiger partial charge in [-0.25, -0.2) is 4.79 Å². The van der Waals surface area contributed by atoms with Crippen LogP contribution >= 0.6 is 0 Å². The molecule has 2 N–H and O–H groups in total. The highest BCUT2D eigenvalue weighted by Crippen LogP contribution is 2.42. The van der Waals surface area contributed by atoms with Crippen molar-refractivity contribution in [3.63, 3.8) is 0 Å². The van der Waals surface area contributed by atoms with Gasteiger partial charge < -0.3 is 10.2 Å². The zero-order valence-corrected chi connectivity index (χ0v) is 16.0. The van der Waals surface area contributed by atoms with Crippen LogP contribution in [0.1, 0.15) is 39.2 Å². The van der Waals surface area contributed by atoms with Gasteiger partial charge in [0.05, 0.1) is 0 Å². The first-order valence-corrected chi connectivity index (χ1v) is 8.93. The molecule has 0 heterocycles. The fourth-order valence-electron chi connectivity index (χ4n) is 3.18. The van der Waals surface area contributed by atoms with Crippen molar-refractivity contribution in [1.29, 1.82) is 0 Å². The molecule has 0 saturated carbocycles. The minimum Gasteiger partial charge on any atom is -0.480 e. The Hall–Kier alpha value is -2.88. The maximum atomic E-state index is 12.2. The van der Waals surface area contributed by atoms with E-state index in [0.717, 1.165) is 5.56 Å². The summed E-state index contributed by atoms with van der Waals surface area (Å²) in [5.74, 6) is -1.95. The lowest BCUT2D eigenvalue weighted by atomic mass is 9.72. The number of hydrogen-bond donors (Lipinski definition) is 2. The molecule has 4 heteroatoms. The topological polar surface area (TPSA) is 74.6 Å². The number of rotatable bonds is 6. The molecule has 27 heavy (non-hydrogen) atoms. The minimum atomic E-state index is -1.22. The van der Waals surface area contributed by atoms with Crippen LogP contribution < -0.4 is 0 Å². The average Bonchev–Trinajstić information content (AvgIpc) is 2.61. The predicted molar refractivity (Wildman–Crippen MR) is 107 cm³/mol. The molecule has 142 valence electrons. The van der Waals surface area contributed by atoms with Crippen molar-refractivity contribution in [3.8, 4) is 0 Å². The lowest BCUT2D eigenvalue weighted by Crippen LogP contribution is -2.31. The molecule has 0 radical (unpaired) electrons. The highest BCUT2D eigenvalue weighted by molar-refractivity contribution is 5.96. The maximum absolute atomic E-state index is 12.2. The molecule has 1 aromatic carbocycles. The highest BCUT2D eigenvalue weighted by atomic mass is 16.4. The lowest BCUT2D eigenvalue weighted by molar-refractivity contribution is -0.143. The summed E-state index contributed by atoms with van der Waals surface area (Å²) in [6.45, 7) is 5.91. The van der Waals surface area contributed by atoms with Gasteiger partial charge in [-0.2, -0.15) is 0 Å². The van der Waals surface area contributed by atoms with E-state index in [1.165, 1.54) is 0 Å². The van der Waals surface area contributed by atoms with Crippen molar-refractivity contribution in [1.82, 2.24) is 0 Å². The molecule has 2 rings (SSSR count). The fraction of sp³-hybridized carbons (Fsp3) is 0.304. The van der Waals surface area contributed by atoms with Crippen LogP contribution in [0.3, 0.4) is 0 Å². The second-order valence-corrected chi connectivity index (χ2v) is 7.95. The summed E-state index contributed by atoms with van der Waals surface area (Å²) in [6, 6.07) is 9.25. The van der Waals surface area contributed by atoms with Crippen LogP contribution in [0.4, 0.5) is 0 Å². The molecule has 1 aliphatic carbocycles. The molecule has 1 aliphatic rings. The van der Waals surface area contributed by atoms with Crippen molar-refractivity contribution in [2.75, 3.05) is 0 Å². The standard InChI is InChI=1S/C23H26O4/c1-22(2,3)16-18(20(24)25)12-13-19(17-10-6-4-7-11-17)23(21(26)27)14-8-5-9-15-23/h4-14H,15-16H2,1-3H3,(H,24,25)(H,26,27). The first-order valence-electron chi connectivity index (χ1n) is 8.93. The van der Waals surface area contributed by atoms with Crippen LogP contribution in [0, 0.1) is 10.8 Å². The summed E-state index contributed by atoms with van der Waals surface area (Å²) in [5, 5.41) is 19.6. The molecule has 1 aromatic rings. The van der Waals surface area contributed by atoms with Gasteiger partial charge in [-0.05, 0) is 29.4 Å². The van der Waals surface area contributed by atoms with Crippen LogP contribution in [0.2, 0.25) is 0 Å². The minimum absolute atomic E-state index is 0.192. The van der Waals surface area contributed by atoms with E-state index < -0.39 is 17.4 Å². The van der Waals surface area contributed by atoms with Gasteiger partial charge in [0, 0.05) is 5.57 Å². The van der Waals surface area contributed by atoms with Gasteiger partial charge in [0.25, 0.3) is 0 Å². The Morgan fingerprint density at radius 1 is 1.07 bits per heavy atom. The molecule has 4 nitrogen and oxygen atoms in total. The third-order valence-corrected chi connectivity index (χ3v) is 4.46. The van der Waals surface area contributed by atoms with E-state index in [9.17, 15) is 19.8 Å². The molecule has 0 spiro atoms. The summed E-state index contributed by atoms with van der Waals surface area (Å²) in [6.07, 6.45) is 10.9. The molecule has 1 unspecified atom stereocenters. The molecule has 0 aromatic heterocycles. The molecule has 1 atom stereocenters. The Morgan fingerprint density at radius 3 is 2.22 bits per heavy atom. The van der Waals surface area contributed by atoms with Gasteiger partial charge in [0.15, 0.2) is 0 Å². The van der Waals surface area contributed by atoms with Gasteiger partial charge in [0.2, 0.25) is 0 Å². The quantitative estimate of drug-likeness (QED) is 0.542. The SMILES string of the molecule is CC(C)(C)CC(=CC=C(c1ccccc1)C1(C(=O)O)C=CC=CC1)C(=O)O. The normalized spacial score (nSPS) is 20.6. The monoisotopic (exact) mass is 366 g/mol. The van der Waals surface area contributed by atoms with E-state index in [1.807, 2.05) is 63.3 Å². The van der Waals surface area contributed by atoms with E-state index >= 15 is 0 Å². The van der Waals surface area contributed by atoms with Crippen LogP contribution in [0.15, 0.2) is 72.4 Å². The zero-order chi connectivity index (χ0) is 20.1. The molecular weight excluding hydrogens is 340 g/mol. The van der Waals surface area contributed by atoms with E-state index in [0.29, 0.717) is 18.4 Å². The summed E-state index contributed by atoms with van der Waals surface area (Å²) >= 11 is 0. The Kier molecular flexibility index (Phi) is 6.21. The van der Waals surface area contributed by atoms with Crippen molar-refractivity contribution >= 4 is 17.5 Å². The number of hydrogen-bond acceptors (Lipinski definition) is 2. The van der Waals surface area contributed by atoms with Gasteiger partial charge in [-0.1, -0.05) is 87.6 Å². The third kappa shape index (κ3) is 5.07. The second-order valence-electron chi connectivity index (χ2n) is 7.95. The average molecular weight is 366 g/mol. The summed E-state index contributed by atoms with van der Waals surface area (Å²) < 4.78 is 0. The van der Waals surface area contributed by atoms with Gasteiger partial charge in [-0.3, -0.25) is 4.79 Å². The van der Waals surface area contributed by atoms with E-state index in [-0.39, 0.29) is 11.0 Å². The zero-order valence-electron chi connectivity index (χ0n) is 16.0. The Labute approximate surface area is 160 Å². The number of allylic oxidation sites excluding steroid dienone is 5. The molecule has 0 bridgehead atoms. The molecule has 0 amide bonds. The van der Waals surface area contributed by atoms with Crippen LogP contribution in [0.5, 0.6) is 0 Å². The Morgan fingerprint density at radius 2 is 1.74 bits per heavy atom. The second kappa shape index (κ2) is 8.21. The van der Waals surface area contributed by atoms with Crippen molar-refractivity contribution in [3.05, 3.63) is 77.9 Å². The first-order chi connectivity index (χ1) is 12.7. The lowest BCUT2D eigenvalue weighted by Gasteiger charge is -2.30. The first kappa shape index (κ1) is 20.4. The van der Waals surface area contributed by atoms with Gasteiger partial charge in [-0.15, -0.1) is 0 Å². The molecule has 0 aliphatic heterocycles. The predicted octanol–water partition coefficient (Wildman–Crippen LogP) is 5.10. The molecule has 0 fully saturated rings. The van der Waals surface area contributed by atoms with Crippen LogP contribution in [0.25, 0.3) is 5.57 Å². The summed E-state index contributed by atoms with van der Waals surface area (Å²) in [5.41, 5.74) is 0.174. The Balaban J connectivity index is 2.63. The molecular formula is C23H26O4. The van der Waals surface area contributed by atoms with Crippen molar-refractivity contribution in [2.24, 2.45) is 10.8 Å². The number of aliphatic carboxylic acids is 2. The van der Waals surface area contributed by atoms with Crippen molar-refractivity contribution in [2.45, 2.75) is 33.6 Å². The molecule has 0 saturated heterocycles. The largest absolute Gasteiger partial charge is 0.480 e. The maximum Gasteiger partial charge on any atom is 0.331 e. The van der Waals surface area contributed by atoms with Gasteiger partial charge >= 0.3 is 11.9 Å². The van der Waals surface area contributed by atoms with E-state index in [1.54, 1.807) is 24.3 Å². The van der Waals surface area contributed by atoms with Crippen LogP contribution in [-0.4, -0.2) is 22.2 Å². The van der Waals surface area contributed by atoms with Gasteiger partial charge in [0.1, 0.15) is 5.41 Å². The summed E-state index contributed by atoms with van der Waals surface area (Å²) in [4.78, 5) is 23.9. The third-order valence-electron chi connectivity index (χ3n) is 4.46. The Bertz CT molecular complexity index is 820. The number of carboxylic acids is 2. The summed E-state index contributed by atoms with van der Waals surface area (Å²) in [7, 11) is 0. The van der Waals surface area contributed by atoms with Crippen molar-refractivity contribution < 1.29 is 19.8 Å². The fourth-order valence-corrected chi connectivity index (χ4v) is 3.18. The van der Waals surface area contributed by atoms with E-state index in [2.05, 4.69) is 0 Å². The van der Waals surface area contributed by atoms with Crippen LogP contribution in [-0.2, 0) is 9.59 Å². The number of carbonyl (C=O) groups is 2. The smallest absolute Gasteiger partial charge is 0.331 e.